The lowest BCUT2D eigenvalue weighted by Crippen LogP contribution is -2.47. The first-order chi connectivity index (χ1) is 36.9. The standard InChI is InChI=1S/C66H117N2O7P/c1-7-10-13-16-19-22-25-28-30-32-33-34-35-37-39-41-44-47-50-53-56-59-66(70)75-64(57-54-51-48-45-42-27-24-21-18-15-12-9-3)63(62-74-76(71,72)73-61-60-68(4,5)6)67-65(69)58-55-52-49-46-43-40-38-36-31-29-26-23-20-17-14-11-8-2/h11,14,17,20,23,26,28-31,36,38,40,43,54,57,63-64H,7-10,12-13,15-16,18-19,21-22,24-25,27,32-35,37,39,41-42,44-53,55-56,58-62H2,1-6H3,(H-,67,69,71,72)/b14-11-,20-17+,26-23+,30-28+,31-29-,38-36+,43-40+,57-54+. The molecule has 0 fully saturated rings. The third kappa shape index (κ3) is 55.7. The lowest BCUT2D eigenvalue weighted by Gasteiger charge is -2.30. The Balaban J connectivity index is 5.31. The van der Waals surface area contributed by atoms with Crippen LogP contribution in [-0.4, -0.2) is 69.4 Å². The third-order valence-corrected chi connectivity index (χ3v) is 14.4. The van der Waals surface area contributed by atoms with Crippen molar-refractivity contribution in [3.63, 3.8) is 0 Å². The topological polar surface area (TPSA) is 114 Å². The van der Waals surface area contributed by atoms with Crippen molar-refractivity contribution in [2.24, 2.45) is 0 Å². The van der Waals surface area contributed by atoms with Gasteiger partial charge in [0, 0.05) is 12.8 Å². The van der Waals surface area contributed by atoms with Crippen molar-refractivity contribution in [1.82, 2.24) is 5.32 Å². The average molecular weight is 1080 g/mol. The zero-order chi connectivity index (χ0) is 55.7. The lowest BCUT2D eigenvalue weighted by molar-refractivity contribution is -0.870. The molecule has 9 nitrogen and oxygen atoms in total. The smallest absolute Gasteiger partial charge is 0.306 e. The van der Waals surface area contributed by atoms with Crippen LogP contribution >= 0.6 is 7.82 Å². The van der Waals surface area contributed by atoms with Gasteiger partial charge in [-0.3, -0.25) is 14.2 Å². The van der Waals surface area contributed by atoms with Gasteiger partial charge < -0.3 is 28.5 Å². The fraction of sp³-hybridized carbons (Fsp3) is 0.727. The number of likely N-dealkylation sites (N-methyl/N-ethyl adjacent to an activating group) is 1. The summed E-state index contributed by atoms with van der Waals surface area (Å²) in [4.78, 5) is 40.0. The van der Waals surface area contributed by atoms with Crippen LogP contribution in [0.2, 0.25) is 0 Å². The van der Waals surface area contributed by atoms with E-state index in [-0.39, 0.29) is 31.3 Å². The van der Waals surface area contributed by atoms with Crippen LogP contribution in [0.3, 0.4) is 0 Å². The molecule has 0 rings (SSSR count). The number of ether oxygens (including phenoxy) is 1. The number of carbonyl (C=O) groups is 2. The number of esters is 1. The minimum atomic E-state index is -4.72. The molecule has 0 aliphatic heterocycles. The van der Waals surface area contributed by atoms with Crippen molar-refractivity contribution < 1.29 is 37.3 Å². The molecule has 0 saturated heterocycles. The number of amides is 1. The molecule has 0 spiro atoms. The zero-order valence-corrected chi connectivity index (χ0v) is 50.8. The summed E-state index contributed by atoms with van der Waals surface area (Å²) in [7, 11) is 1.14. The number of allylic oxidation sites excluding steroid dienone is 15. The van der Waals surface area contributed by atoms with Gasteiger partial charge in [-0.15, -0.1) is 0 Å². The van der Waals surface area contributed by atoms with E-state index in [0.717, 1.165) is 64.2 Å². The molecule has 0 saturated carbocycles. The molecule has 3 unspecified atom stereocenters. The van der Waals surface area contributed by atoms with Gasteiger partial charge in [0.1, 0.15) is 19.3 Å². The lowest BCUT2D eigenvalue weighted by atomic mass is 10.0. The predicted molar refractivity (Wildman–Crippen MR) is 325 cm³/mol. The number of phosphoric acid groups is 1. The Labute approximate surface area is 468 Å². The zero-order valence-electron chi connectivity index (χ0n) is 49.9. The molecular formula is C66H117N2O7P. The summed E-state index contributed by atoms with van der Waals surface area (Å²) >= 11 is 0. The largest absolute Gasteiger partial charge is 0.756 e. The van der Waals surface area contributed by atoms with E-state index < -0.39 is 26.6 Å². The third-order valence-electron chi connectivity index (χ3n) is 13.4. The van der Waals surface area contributed by atoms with Crippen LogP contribution < -0.4 is 10.2 Å². The fourth-order valence-corrected chi connectivity index (χ4v) is 9.33. The van der Waals surface area contributed by atoms with Crippen molar-refractivity contribution in [3.05, 3.63) is 97.2 Å². The molecule has 0 aromatic carbocycles. The van der Waals surface area contributed by atoms with Crippen LogP contribution in [0.15, 0.2) is 97.2 Å². The highest BCUT2D eigenvalue weighted by Gasteiger charge is 2.27. The number of rotatable bonds is 55. The molecule has 76 heavy (non-hydrogen) atoms. The van der Waals surface area contributed by atoms with Crippen LogP contribution in [0.1, 0.15) is 258 Å². The summed E-state index contributed by atoms with van der Waals surface area (Å²) < 4.78 is 30.3. The second kappa shape index (κ2) is 55.3. The first kappa shape index (κ1) is 72.9. The molecule has 10 heteroatoms. The minimum Gasteiger partial charge on any atom is -0.756 e. The molecule has 0 bridgehead atoms. The van der Waals surface area contributed by atoms with Crippen molar-refractivity contribution >= 4 is 19.7 Å². The molecule has 0 radical (unpaired) electrons. The van der Waals surface area contributed by atoms with E-state index in [4.69, 9.17) is 13.8 Å². The second-order valence-corrected chi connectivity index (χ2v) is 23.4. The van der Waals surface area contributed by atoms with Gasteiger partial charge in [0.05, 0.1) is 33.8 Å². The molecular weight excluding hydrogens is 964 g/mol. The molecule has 0 aromatic rings. The molecule has 1 N–H and O–H groups in total. The summed E-state index contributed by atoms with van der Waals surface area (Å²) in [6.07, 6.45) is 73.8. The summed E-state index contributed by atoms with van der Waals surface area (Å²) in [6, 6.07) is -0.917. The Kier molecular flexibility index (Phi) is 53.0. The van der Waals surface area contributed by atoms with E-state index in [1.54, 1.807) is 0 Å². The number of carbonyl (C=O) groups excluding carboxylic acids is 2. The Morgan fingerprint density at radius 1 is 0.474 bits per heavy atom. The van der Waals surface area contributed by atoms with E-state index in [2.05, 4.69) is 50.4 Å². The first-order valence-electron chi connectivity index (χ1n) is 31.1. The molecule has 0 aromatic heterocycles. The highest BCUT2D eigenvalue weighted by Crippen LogP contribution is 2.38. The number of quaternary nitrogens is 1. The Morgan fingerprint density at radius 3 is 1.32 bits per heavy atom. The fourth-order valence-electron chi connectivity index (χ4n) is 8.61. The Hall–Kier alpha value is -3.07. The Bertz CT molecular complexity index is 1620. The molecule has 3 atom stereocenters. The summed E-state index contributed by atoms with van der Waals surface area (Å²) in [5.41, 5.74) is 0. The van der Waals surface area contributed by atoms with Crippen molar-refractivity contribution in [1.29, 1.82) is 0 Å². The van der Waals surface area contributed by atoms with Gasteiger partial charge in [0.25, 0.3) is 7.82 Å². The monoisotopic (exact) mass is 1080 g/mol. The van der Waals surface area contributed by atoms with Crippen LogP contribution in [0, 0.1) is 0 Å². The van der Waals surface area contributed by atoms with E-state index in [0.29, 0.717) is 17.4 Å². The maximum absolute atomic E-state index is 13.5. The summed E-state index contributed by atoms with van der Waals surface area (Å²) in [5.74, 6) is -0.594. The SMILES string of the molecule is CC\C=C/C=C/C=C/C=C\C=C\C=C\CCCCCC(=O)NC(COP(=O)([O-])OCC[N+](C)(C)C)C(/C=C/CCCCCCCCCCCC)OC(=O)CCCCCCCCCCCCC/C=C/CCCCCCCC. The number of nitrogens with zero attached hydrogens (tertiary/aromatic N) is 1. The highest BCUT2D eigenvalue weighted by atomic mass is 31.2. The van der Waals surface area contributed by atoms with Gasteiger partial charge >= 0.3 is 5.97 Å². The van der Waals surface area contributed by atoms with Crippen LogP contribution in [-0.2, 0) is 27.9 Å². The van der Waals surface area contributed by atoms with Crippen LogP contribution in [0.25, 0.3) is 0 Å². The van der Waals surface area contributed by atoms with Gasteiger partial charge in [-0.1, -0.05) is 266 Å². The van der Waals surface area contributed by atoms with Gasteiger partial charge in [0.15, 0.2) is 0 Å². The summed E-state index contributed by atoms with van der Waals surface area (Å²) in [6.45, 7) is 6.66. The Morgan fingerprint density at radius 2 is 0.855 bits per heavy atom. The number of hydrogen-bond acceptors (Lipinski definition) is 7. The van der Waals surface area contributed by atoms with Gasteiger partial charge in [-0.2, -0.15) is 0 Å². The second-order valence-electron chi connectivity index (χ2n) is 22.0. The van der Waals surface area contributed by atoms with E-state index in [1.807, 2.05) is 94.1 Å². The maximum Gasteiger partial charge on any atom is 0.306 e. The summed E-state index contributed by atoms with van der Waals surface area (Å²) in [5, 5.41) is 3.00. The number of hydrogen-bond donors (Lipinski definition) is 1. The highest BCUT2D eigenvalue weighted by molar-refractivity contribution is 7.45. The van der Waals surface area contributed by atoms with E-state index in [9.17, 15) is 19.0 Å². The molecule has 0 aliphatic rings. The van der Waals surface area contributed by atoms with Crippen molar-refractivity contribution in [2.75, 3.05) is 40.9 Å². The van der Waals surface area contributed by atoms with E-state index in [1.165, 1.54) is 154 Å². The maximum atomic E-state index is 13.5. The van der Waals surface area contributed by atoms with Crippen LogP contribution in [0.4, 0.5) is 0 Å². The van der Waals surface area contributed by atoms with Gasteiger partial charge in [-0.05, 0) is 76.7 Å². The molecule has 1 amide bonds. The molecule has 438 valence electrons. The van der Waals surface area contributed by atoms with Gasteiger partial charge in [0.2, 0.25) is 5.91 Å². The quantitative estimate of drug-likeness (QED) is 0.0161. The normalized spacial score (nSPS) is 14.4. The first-order valence-corrected chi connectivity index (χ1v) is 32.6. The predicted octanol–water partition coefficient (Wildman–Crippen LogP) is 18.5. The van der Waals surface area contributed by atoms with Gasteiger partial charge in [-0.25, -0.2) is 0 Å². The van der Waals surface area contributed by atoms with Crippen molar-refractivity contribution in [3.8, 4) is 0 Å². The number of phosphoric ester groups is 1. The number of unbranched alkanes of at least 4 members (excludes halogenated alkanes) is 30. The number of nitrogens with one attached hydrogen (secondary N) is 1. The van der Waals surface area contributed by atoms with Crippen LogP contribution in [0.5, 0.6) is 0 Å². The minimum absolute atomic E-state index is 0.0358. The van der Waals surface area contributed by atoms with Crippen molar-refractivity contribution in [2.45, 2.75) is 270 Å². The average Bonchev–Trinajstić information content (AvgIpc) is 3.38. The molecule has 0 heterocycles. The molecule has 0 aliphatic carbocycles. The van der Waals surface area contributed by atoms with E-state index >= 15 is 0 Å².